The number of nitro benzene ring substituents is 1. The van der Waals surface area contributed by atoms with E-state index in [1.54, 1.807) is 18.2 Å². The van der Waals surface area contributed by atoms with Crippen LogP contribution in [-0.2, 0) is 9.59 Å². The Morgan fingerprint density at radius 3 is 2.83 bits per heavy atom. The number of aromatic nitrogens is 1. The van der Waals surface area contributed by atoms with Crippen molar-refractivity contribution < 1.29 is 23.7 Å². The first-order chi connectivity index (χ1) is 14.3. The molecule has 0 bridgehead atoms. The van der Waals surface area contributed by atoms with Gasteiger partial charge in [-0.15, -0.1) is 0 Å². The number of anilines is 2. The Balaban J connectivity index is 1.54. The highest BCUT2D eigenvalue weighted by molar-refractivity contribution is 6.05. The van der Waals surface area contributed by atoms with Crippen molar-refractivity contribution in [2.75, 3.05) is 23.4 Å². The molecule has 10 heteroatoms. The van der Waals surface area contributed by atoms with Gasteiger partial charge in [-0.2, -0.15) is 0 Å². The van der Waals surface area contributed by atoms with Crippen LogP contribution in [0.3, 0.4) is 0 Å². The summed E-state index contributed by atoms with van der Waals surface area (Å²) >= 11 is 0. The number of fused-ring (bicyclic) bond motifs is 2. The van der Waals surface area contributed by atoms with Crippen molar-refractivity contribution in [3.63, 3.8) is 0 Å². The maximum absolute atomic E-state index is 12.6. The van der Waals surface area contributed by atoms with Crippen LogP contribution in [0.2, 0.25) is 0 Å². The molecule has 1 aromatic heterocycles. The molecule has 2 heterocycles. The van der Waals surface area contributed by atoms with Crippen LogP contribution >= 0.6 is 0 Å². The lowest BCUT2D eigenvalue weighted by Gasteiger charge is -2.28. The van der Waals surface area contributed by atoms with Crippen LogP contribution in [0.5, 0.6) is 5.75 Å². The van der Waals surface area contributed by atoms with Crippen molar-refractivity contribution in [3.05, 3.63) is 52.4 Å². The average molecular weight is 410 g/mol. The Bertz CT molecular complexity index is 1170. The highest BCUT2D eigenvalue weighted by atomic mass is 16.6. The largest absolute Gasteiger partial charge is 0.482 e. The summed E-state index contributed by atoms with van der Waals surface area (Å²) in [5, 5.41) is 13.8. The molecule has 0 unspecified atom stereocenters. The summed E-state index contributed by atoms with van der Waals surface area (Å²) in [6, 6.07) is 8.98. The number of nitrogens with zero attached hydrogens (tertiary/aromatic N) is 3. The third-order valence-corrected chi connectivity index (χ3v) is 4.58. The van der Waals surface area contributed by atoms with Gasteiger partial charge in [-0.05, 0) is 24.3 Å². The molecule has 0 radical (unpaired) electrons. The molecule has 0 saturated heterocycles. The summed E-state index contributed by atoms with van der Waals surface area (Å²) in [5.74, 6) is 0.108. The Labute approximate surface area is 170 Å². The second-order valence-electron chi connectivity index (χ2n) is 7.12. The van der Waals surface area contributed by atoms with Crippen LogP contribution in [0, 0.1) is 10.1 Å². The first-order valence-corrected chi connectivity index (χ1v) is 9.24. The van der Waals surface area contributed by atoms with Crippen LogP contribution in [0.4, 0.5) is 17.1 Å². The van der Waals surface area contributed by atoms with E-state index in [1.165, 1.54) is 23.1 Å². The van der Waals surface area contributed by atoms with E-state index >= 15 is 0 Å². The monoisotopic (exact) mass is 410 g/mol. The minimum atomic E-state index is -0.573. The van der Waals surface area contributed by atoms with E-state index < -0.39 is 16.7 Å². The van der Waals surface area contributed by atoms with E-state index in [0.717, 1.165) is 0 Å². The van der Waals surface area contributed by atoms with Gasteiger partial charge in [0.15, 0.2) is 18.1 Å². The molecular formula is C20H18N4O6. The van der Waals surface area contributed by atoms with Gasteiger partial charge >= 0.3 is 0 Å². The Hall–Kier alpha value is -3.95. The molecule has 10 nitrogen and oxygen atoms in total. The van der Waals surface area contributed by atoms with Crippen molar-refractivity contribution in [2.24, 2.45) is 0 Å². The van der Waals surface area contributed by atoms with Gasteiger partial charge in [0.05, 0.1) is 10.6 Å². The number of hydrogen-bond donors (Lipinski definition) is 1. The molecule has 0 fully saturated rings. The number of rotatable bonds is 5. The number of nitrogens with one attached hydrogen (secondary N) is 1. The molecule has 1 N–H and O–H groups in total. The number of nitro groups is 1. The average Bonchev–Trinajstić information content (AvgIpc) is 3.13. The number of carbonyl (C=O) groups excluding carboxylic acids is 2. The molecule has 0 aliphatic carbocycles. The molecule has 2 amide bonds. The summed E-state index contributed by atoms with van der Waals surface area (Å²) in [5.41, 5.74) is 1.70. The van der Waals surface area contributed by atoms with Gasteiger partial charge in [0, 0.05) is 23.7 Å². The fourth-order valence-corrected chi connectivity index (χ4v) is 3.09. The van der Waals surface area contributed by atoms with Crippen LogP contribution in [-0.4, -0.2) is 34.9 Å². The molecule has 0 spiro atoms. The maximum Gasteiger partial charge on any atom is 0.271 e. The van der Waals surface area contributed by atoms with Crippen molar-refractivity contribution in [1.29, 1.82) is 0 Å². The smallest absolute Gasteiger partial charge is 0.271 e. The number of non-ortho nitro benzene ring substituents is 1. The number of ether oxygens (including phenoxy) is 1. The fourth-order valence-electron chi connectivity index (χ4n) is 3.09. The van der Waals surface area contributed by atoms with Crippen LogP contribution in [0.15, 0.2) is 40.8 Å². The molecule has 1 aliphatic heterocycles. The fraction of sp³-hybridized carbons (Fsp3) is 0.250. The molecule has 30 heavy (non-hydrogen) atoms. The molecule has 154 valence electrons. The quantitative estimate of drug-likeness (QED) is 0.505. The maximum atomic E-state index is 12.6. The number of amides is 2. The van der Waals surface area contributed by atoms with E-state index in [2.05, 4.69) is 10.3 Å². The van der Waals surface area contributed by atoms with E-state index in [-0.39, 0.29) is 30.4 Å². The zero-order chi connectivity index (χ0) is 21.4. The van der Waals surface area contributed by atoms with Crippen LogP contribution in [0.25, 0.3) is 11.1 Å². The summed E-state index contributed by atoms with van der Waals surface area (Å²) in [6.45, 7) is 3.37. The Morgan fingerprint density at radius 2 is 2.10 bits per heavy atom. The summed E-state index contributed by atoms with van der Waals surface area (Å²) in [4.78, 5) is 40.9. The van der Waals surface area contributed by atoms with E-state index in [1.807, 2.05) is 13.8 Å². The lowest BCUT2D eigenvalue weighted by molar-refractivity contribution is -0.384. The van der Waals surface area contributed by atoms with Gasteiger partial charge in [-0.25, -0.2) is 4.98 Å². The summed E-state index contributed by atoms with van der Waals surface area (Å²) in [7, 11) is 0. The second kappa shape index (κ2) is 7.47. The minimum Gasteiger partial charge on any atom is -0.482 e. The third-order valence-electron chi connectivity index (χ3n) is 4.58. The van der Waals surface area contributed by atoms with Gasteiger partial charge in [-0.1, -0.05) is 13.8 Å². The topological polar surface area (TPSA) is 128 Å². The lowest BCUT2D eigenvalue weighted by atomic mass is 10.2. The highest BCUT2D eigenvalue weighted by Crippen LogP contribution is 2.35. The zero-order valence-electron chi connectivity index (χ0n) is 16.2. The van der Waals surface area contributed by atoms with Gasteiger partial charge in [0.1, 0.15) is 17.8 Å². The van der Waals surface area contributed by atoms with Gasteiger partial charge in [-0.3, -0.25) is 24.6 Å². The van der Waals surface area contributed by atoms with E-state index in [4.69, 9.17) is 9.15 Å². The highest BCUT2D eigenvalue weighted by Gasteiger charge is 2.29. The van der Waals surface area contributed by atoms with Gasteiger partial charge in [0.25, 0.3) is 11.6 Å². The van der Waals surface area contributed by atoms with Crippen molar-refractivity contribution >= 4 is 40.0 Å². The predicted molar refractivity (Wildman–Crippen MR) is 108 cm³/mol. The predicted octanol–water partition coefficient (Wildman–Crippen LogP) is 3.22. The number of oxazole rings is 1. The SMILES string of the molecule is CC(C)c1nc2cc(NC(=O)CN3C(=O)COc4ccc([N+](=O)[O-])cc43)ccc2o1. The molecule has 3 aromatic rings. The van der Waals surface area contributed by atoms with Crippen molar-refractivity contribution in [1.82, 2.24) is 4.98 Å². The zero-order valence-corrected chi connectivity index (χ0v) is 16.2. The Morgan fingerprint density at radius 1 is 1.30 bits per heavy atom. The van der Waals surface area contributed by atoms with Crippen molar-refractivity contribution in [3.8, 4) is 5.75 Å². The lowest BCUT2D eigenvalue weighted by Crippen LogP contribution is -2.43. The van der Waals surface area contributed by atoms with Crippen LogP contribution in [0.1, 0.15) is 25.7 Å². The minimum absolute atomic E-state index is 0.131. The van der Waals surface area contributed by atoms with Gasteiger partial charge < -0.3 is 14.5 Å². The molecular weight excluding hydrogens is 392 g/mol. The molecule has 4 rings (SSSR count). The normalized spacial score (nSPS) is 13.3. The van der Waals surface area contributed by atoms with Gasteiger partial charge in [0.2, 0.25) is 5.91 Å². The first kappa shape index (κ1) is 19.4. The molecule has 0 atom stereocenters. The third kappa shape index (κ3) is 3.66. The first-order valence-electron chi connectivity index (χ1n) is 9.24. The summed E-state index contributed by atoms with van der Waals surface area (Å²) < 4.78 is 11.0. The molecule has 1 aliphatic rings. The van der Waals surface area contributed by atoms with Crippen LogP contribution < -0.4 is 15.0 Å². The number of benzene rings is 2. The molecule has 2 aromatic carbocycles. The molecule has 0 saturated carbocycles. The van der Waals surface area contributed by atoms with E-state index in [0.29, 0.717) is 28.4 Å². The number of hydrogen-bond acceptors (Lipinski definition) is 7. The van der Waals surface area contributed by atoms with E-state index in [9.17, 15) is 19.7 Å². The number of carbonyl (C=O) groups is 2. The standard InChI is InChI=1S/C20H18N4O6/c1-11(2)20-22-14-7-12(3-5-16(14)30-20)21-18(25)9-23-15-8-13(24(27)28)4-6-17(15)29-10-19(23)26/h3-8,11H,9-10H2,1-2H3,(H,21,25). The summed E-state index contributed by atoms with van der Waals surface area (Å²) in [6.07, 6.45) is 0. The Kier molecular flexibility index (Phi) is 4.82. The second-order valence-corrected chi connectivity index (χ2v) is 7.12. The van der Waals surface area contributed by atoms with Crippen molar-refractivity contribution in [2.45, 2.75) is 19.8 Å².